The van der Waals surface area contributed by atoms with Gasteiger partial charge in [-0.05, 0) is 17.7 Å². The van der Waals surface area contributed by atoms with Gasteiger partial charge in [-0.1, -0.05) is 12.1 Å². The lowest BCUT2D eigenvalue weighted by Gasteiger charge is -2.06. The Hall–Kier alpha value is -3.42. The average molecular weight is 325 g/mol. The first-order chi connectivity index (χ1) is 11.6. The number of H-pyrrole nitrogens is 2. The van der Waals surface area contributed by atoms with E-state index >= 15 is 0 Å². The molecule has 8 heteroatoms. The molecule has 2 amide bonds. The third kappa shape index (κ3) is 3.02. The third-order valence-corrected chi connectivity index (χ3v) is 3.55. The molecule has 0 spiro atoms. The monoisotopic (exact) mass is 325 g/mol. The molecule has 3 aromatic rings. The number of carbonyl (C=O) groups excluding carboxylic acids is 2. The van der Waals surface area contributed by atoms with Crippen molar-refractivity contribution in [2.75, 3.05) is 12.4 Å². The number of aromatic amines is 2. The summed E-state index contributed by atoms with van der Waals surface area (Å²) in [5.74, 6) is -0.551. The lowest BCUT2D eigenvalue weighted by atomic mass is 10.1. The lowest BCUT2D eigenvalue weighted by molar-refractivity contribution is -0.119. The number of fused-ring (bicyclic) bond motifs is 1. The molecule has 0 saturated heterocycles. The molecule has 3 rings (SSSR count). The van der Waals surface area contributed by atoms with E-state index < -0.39 is 5.91 Å². The van der Waals surface area contributed by atoms with E-state index in [-0.39, 0.29) is 28.8 Å². The smallest absolute Gasteiger partial charge is 0.261 e. The summed E-state index contributed by atoms with van der Waals surface area (Å²) in [6.07, 6.45) is 2.93. The van der Waals surface area contributed by atoms with Crippen LogP contribution in [0.3, 0.4) is 0 Å². The lowest BCUT2D eigenvalue weighted by Crippen LogP contribution is -2.20. The largest absolute Gasteiger partial charge is 0.359 e. The summed E-state index contributed by atoms with van der Waals surface area (Å²) in [4.78, 5) is 45.0. The highest BCUT2D eigenvalue weighted by Gasteiger charge is 2.16. The first kappa shape index (κ1) is 15.5. The van der Waals surface area contributed by atoms with Crippen molar-refractivity contribution >= 4 is 28.5 Å². The maximum absolute atomic E-state index is 12.4. The molecule has 2 aromatic heterocycles. The number of likely N-dealkylation sites (N-methyl/N-ethyl adjacent to an activating group) is 1. The Bertz CT molecular complexity index is 973. The van der Waals surface area contributed by atoms with Crippen LogP contribution in [0.2, 0.25) is 0 Å². The van der Waals surface area contributed by atoms with E-state index in [1.54, 1.807) is 31.3 Å². The Balaban J connectivity index is 1.85. The molecule has 0 aliphatic heterocycles. The Labute approximate surface area is 136 Å². The van der Waals surface area contributed by atoms with Gasteiger partial charge in [-0.15, -0.1) is 0 Å². The maximum atomic E-state index is 12.4. The molecule has 0 saturated carbocycles. The summed E-state index contributed by atoms with van der Waals surface area (Å²) >= 11 is 0. The van der Waals surface area contributed by atoms with Crippen LogP contribution in [0.1, 0.15) is 15.9 Å². The Morgan fingerprint density at radius 3 is 2.88 bits per heavy atom. The van der Waals surface area contributed by atoms with Crippen molar-refractivity contribution in [1.29, 1.82) is 0 Å². The van der Waals surface area contributed by atoms with Crippen LogP contribution in [0.4, 0.5) is 5.69 Å². The maximum Gasteiger partial charge on any atom is 0.261 e. The predicted molar refractivity (Wildman–Crippen MR) is 88.9 cm³/mol. The Morgan fingerprint density at radius 2 is 2.08 bits per heavy atom. The van der Waals surface area contributed by atoms with Crippen molar-refractivity contribution in [3.05, 3.63) is 58.3 Å². The second-order valence-electron chi connectivity index (χ2n) is 5.16. The van der Waals surface area contributed by atoms with Crippen molar-refractivity contribution in [1.82, 2.24) is 20.3 Å². The van der Waals surface area contributed by atoms with Crippen molar-refractivity contribution in [3.63, 3.8) is 0 Å². The Kier molecular flexibility index (Phi) is 4.11. The molecule has 8 nitrogen and oxygen atoms in total. The minimum atomic E-state index is -0.433. The number of anilines is 1. The number of hydrogen-bond donors (Lipinski definition) is 4. The van der Waals surface area contributed by atoms with Crippen LogP contribution < -0.4 is 16.2 Å². The fourth-order valence-corrected chi connectivity index (χ4v) is 2.38. The van der Waals surface area contributed by atoms with Gasteiger partial charge in [-0.25, -0.2) is 4.98 Å². The first-order valence-electron chi connectivity index (χ1n) is 7.24. The zero-order chi connectivity index (χ0) is 17.1. The topological polar surface area (TPSA) is 120 Å². The molecule has 0 bridgehead atoms. The van der Waals surface area contributed by atoms with E-state index in [0.29, 0.717) is 11.3 Å². The predicted octanol–water partition coefficient (Wildman–Crippen LogP) is 0.792. The van der Waals surface area contributed by atoms with Gasteiger partial charge in [0.15, 0.2) is 0 Å². The van der Waals surface area contributed by atoms with Crippen molar-refractivity contribution in [2.24, 2.45) is 0 Å². The van der Waals surface area contributed by atoms with Crippen LogP contribution >= 0.6 is 0 Å². The van der Waals surface area contributed by atoms with Crippen molar-refractivity contribution in [3.8, 4) is 0 Å². The van der Waals surface area contributed by atoms with Crippen LogP contribution in [0, 0.1) is 0 Å². The second kappa shape index (κ2) is 6.37. The summed E-state index contributed by atoms with van der Waals surface area (Å²) in [6.45, 7) is 0. The van der Waals surface area contributed by atoms with Crippen LogP contribution in [-0.2, 0) is 11.2 Å². The molecular weight excluding hydrogens is 310 g/mol. The van der Waals surface area contributed by atoms with Crippen LogP contribution in [0.15, 0.2) is 41.6 Å². The summed E-state index contributed by atoms with van der Waals surface area (Å²) in [5.41, 5.74) is 1.47. The van der Waals surface area contributed by atoms with Gasteiger partial charge in [0.1, 0.15) is 5.65 Å². The fourth-order valence-electron chi connectivity index (χ4n) is 2.38. The van der Waals surface area contributed by atoms with E-state index in [1.165, 1.54) is 12.5 Å². The second-order valence-corrected chi connectivity index (χ2v) is 5.16. The summed E-state index contributed by atoms with van der Waals surface area (Å²) in [7, 11) is 1.57. The number of nitrogens with one attached hydrogen (secondary N) is 4. The van der Waals surface area contributed by atoms with Crippen molar-refractivity contribution in [2.45, 2.75) is 6.42 Å². The molecule has 0 fully saturated rings. The van der Waals surface area contributed by atoms with Crippen LogP contribution in [0.5, 0.6) is 0 Å². The van der Waals surface area contributed by atoms with Gasteiger partial charge >= 0.3 is 0 Å². The molecule has 0 aliphatic rings. The van der Waals surface area contributed by atoms with E-state index in [9.17, 15) is 14.4 Å². The highest BCUT2D eigenvalue weighted by atomic mass is 16.2. The van der Waals surface area contributed by atoms with Gasteiger partial charge in [0.25, 0.3) is 11.5 Å². The van der Waals surface area contributed by atoms with Crippen LogP contribution in [-0.4, -0.2) is 33.8 Å². The number of carbonyl (C=O) groups is 2. The Morgan fingerprint density at radius 1 is 1.25 bits per heavy atom. The first-order valence-corrected chi connectivity index (χ1v) is 7.24. The third-order valence-electron chi connectivity index (χ3n) is 3.55. The molecule has 24 heavy (non-hydrogen) atoms. The van der Waals surface area contributed by atoms with E-state index in [4.69, 9.17) is 0 Å². The highest BCUT2D eigenvalue weighted by Crippen LogP contribution is 2.16. The molecular formula is C16H15N5O3. The number of nitrogens with zero attached hydrogens (tertiary/aromatic N) is 1. The minimum Gasteiger partial charge on any atom is -0.359 e. The van der Waals surface area contributed by atoms with Gasteiger partial charge in [0, 0.05) is 18.9 Å². The zero-order valence-corrected chi connectivity index (χ0v) is 12.8. The molecule has 0 radical (unpaired) electrons. The summed E-state index contributed by atoms with van der Waals surface area (Å²) in [6, 6.07) is 6.97. The van der Waals surface area contributed by atoms with E-state index in [2.05, 4.69) is 25.6 Å². The van der Waals surface area contributed by atoms with Gasteiger partial charge in [-0.2, -0.15) is 0 Å². The minimum absolute atomic E-state index is 0.118. The number of rotatable bonds is 4. The van der Waals surface area contributed by atoms with Crippen molar-refractivity contribution < 1.29 is 9.59 Å². The average Bonchev–Trinajstić information content (AvgIpc) is 3.00. The van der Waals surface area contributed by atoms with Gasteiger partial charge in [0.05, 0.1) is 23.7 Å². The molecule has 4 N–H and O–H groups in total. The number of hydrogen-bond acceptors (Lipinski definition) is 4. The van der Waals surface area contributed by atoms with E-state index in [1.807, 2.05) is 0 Å². The summed E-state index contributed by atoms with van der Waals surface area (Å²) < 4.78 is 0. The molecule has 1 aromatic carbocycles. The van der Waals surface area contributed by atoms with E-state index in [0.717, 1.165) is 5.56 Å². The highest BCUT2D eigenvalue weighted by molar-refractivity contribution is 6.12. The number of benzene rings is 1. The molecule has 2 heterocycles. The fraction of sp³-hybridized carbons (Fsp3) is 0.125. The standard InChI is InChI=1S/C16H15N5O3/c1-17-12(22)6-9-3-2-4-10(5-9)21-15(23)11-7-18-14-13(11)16(24)20-8-19-14/h2-5,7-8H,6H2,1H3,(H,17,22)(H,21,23)(H2,18,19,20,24). The molecule has 122 valence electrons. The molecule has 0 aliphatic carbocycles. The van der Waals surface area contributed by atoms with Crippen LogP contribution in [0.25, 0.3) is 11.0 Å². The van der Waals surface area contributed by atoms with Gasteiger partial charge < -0.3 is 20.6 Å². The molecule has 0 atom stereocenters. The normalized spacial score (nSPS) is 10.5. The molecule has 0 unspecified atom stereocenters. The van der Waals surface area contributed by atoms with Gasteiger partial charge in [0.2, 0.25) is 5.91 Å². The number of amides is 2. The number of aromatic nitrogens is 3. The van der Waals surface area contributed by atoms with Gasteiger partial charge in [-0.3, -0.25) is 14.4 Å². The summed E-state index contributed by atoms with van der Waals surface area (Å²) in [5, 5.41) is 5.48. The quantitative estimate of drug-likeness (QED) is 0.567. The SMILES string of the molecule is CNC(=O)Cc1cccc(NC(=O)c2c[nH]c3nc[nH]c(=O)c23)c1. The zero-order valence-electron chi connectivity index (χ0n) is 12.8.